The molecule has 114 valence electrons. The third-order valence-corrected chi connectivity index (χ3v) is 2.79. The van der Waals surface area contributed by atoms with Crippen molar-refractivity contribution < 1.29 is 19.1 Å². The monoisotopic (exact) mass is 301 g/mol. The molecular weight excluding hydrogens is 286 g/mol. The van der Waals surface area contributed by atoms with E-state index in [0.29, 0.717) is 11.4 Å². The average molecular weight is 301 g/mol. The van der Waals surface area contributed by atoms with Gasteiger partial charge in [-0.1, -0.05) is 12.1 Å². The van der Waals surface area contributed by atoms with Crippen LogP contribution in [0.1, 0.15) is 17.4 Å². The molecule has 0 fully saturated rings. The number of methoxy groups -OCH3 is 1. The maximum absolute atomic E-state index is 12.1. The summed E-state index contributed by atoms with van der Waals surface area (Å²) < 4.78 is 10.2. The largest absolute Gasteiger partial charge is 0.495 e. The van der Waals surface area contributed by atoms with E-state index in [1.54, 1.807) is 24.3 Å². The van der Waals surface area contributed by atoms with Crippen LogP contribution in [-0.2, 0) is 9.53 Å². The molecule has 7 heteroatoms. The van der Waals surface area contributed by atoms with Crippen molar-refractivity contribution in [2.45, 2.75) is 13.0 Å². The van der Waals surface area contributed by atoms with Gasteiger partial charge in [-0.15, -0.1) is 0 Å². The van der Waals surface area contributed by atoms with Crippen LogP contribution in [0.25, 0.3) is 0 Å². The van der Waals surface area contributed by atoms with Gasteiger partial charge in [0, 0.05) is 12.4 Å². The van der Waals surface area contributed by atoms with Crippen molar-refractivity contribution in [3.63, 3.8) is 0 Å². The van der Waals surface area contributed by atoms with E-state index in [1.165, 1.54) is 32.6 Å². The number of ether oxygens (including phenoxy) is 2. The topological polar surface area (TPSA) is 90.4 Å². The molecule has 0 saturated carbocycles. The molecule has 1 atom stereocenters. The zero-order valence-corrected chi connectivity index (χ0v) is 12.1. The van der Waals surface area contributed by atoms with E-state index in [0.717, 1.165) is 0 Å². The first-order chi connectivity index (χ1) is 10.6. The molecule has 1 aromatic heterocycles. The van der Waals surface area contributed by atoms with Gasteiger partial charge in [0.05, 0.1) is 19.0 Å². The van der Waals surface area contributed by atoms with Crippen molar-refractivity contribution in [2.24, 2.45) is 0 Å². The summed E-state index contributed by atoms with van der Waals surface area (Å²) >= 11 is 0. The standard InChI is InChI=1S/C15H15N3O4/c1-10(22-15(20)12-9-16-7-8-17-12)14(19)18-11-5-3-4-6-13(11)21-2/h3-10H,1-2H3,(H,18,19)/t10-/m0/s1. The number of rotatable bonds is 5. The summed E-state index contributed by atoms with van der Waals surface area (Å²) in [6, 6.07) is 6.94. The molecule has 1 heterocycles. The SMILES string of the molecule is COc1ccccc1NC(=O)[C@H](C)OC(=O)c1cnccn1. The third kappa shape index (κ3) is 3.78. The van der Waals surface area contributed by atoms with Crippen molar-refractivity contribution in [3.05, 3.63) is 48.5 Å². The Labute approximate surface area is 127 Å². The molecule has 0 saturated heterocycles. The highest BCUT2D eigenvalue weighted by Crippen LogP contribution is 2.23. The lowest BCUT2D eigenvalue weighted by Gasteiger charge is -2.14. The smallest absolute Gasteiger partial charge is 0.359 e. The second-order valence-corrected chi connectivity index (χ2v) is 4.33. The summed E-state index contributed by atoms with van der Waals surface area (Å²) in [4.78, 5) is 31.5. The molecule has 1 amide bonds. The number of nitrogens with one attached hydrogen (secondary N) is 1. The molecule has 2 rings (SSSR count). The molecule has 22 heavy (non-hydrogen) atoms. The Kier molecular flexibility index (Phi) is 5.02. The van der Waals surface area contributed by atoms with Gasteiger partial charge in [0.1, 0.15) is 5.75 Å². The number of benzene rings is 1. The average Bonchev–Trinajstić information content (AvgIpc) is 2.56. The van der Waals surface area contributed by atoms with Crippen molar-refractivity contribution in [1.82, 2.24) is 9.97 Å². The van der Waals surface area contributed by atoms with Gasteiger partial charge in [0.25, 0.3) is 5.91 Å². The molecule has 1 aromatic carbocycles. The molecule has 0 unspecified atom stereocenters. The maximum atomic E-state index is 12.1. The molecule has 0 aliphatic heterocycles. The minimum absolute atomic E-state index is 0.0411. The van der Waals surface area contributed by atoms with Crippen molar-refractivity contribution in [3.8, 4) is 5.75 Å². The van der Waals surface area contributed by atoms with E-state index in [4.69, 9.17) is 9.47 Å². The molecule has 0 spiro atoms. The Morgan fingerprint density at radius 2 is 2.00 bits per heavy atom. The Morgan fingerprint density at radius 1 is 1.23 bits per heavy atom. The lowest BCUT2D eigenvalue weighted by molar-refractivity contribution is -0.123. The third-order valence-electron chi connectivity index (χ3n) is 2.79. The number of hydrogen-bond acceptors (Lipinski definition) is 6. The summed E-state index contributed by atoms with van der Waals surface area (Å²) in [6.45, 7) is 1.47. The zero-order chi connectivity index (χ0) is 15.9. The first-order valence-electron chi connectivity index (χ1n) is 6.52. The highest BCUT2D eigenvalue weighted by Gasteiger charge is 2.20. The summed E-state index contributed by atoms with van der Waals surface area (Å²) in [7, 11) is 1.50. The van der Waals surface area contributed by atoms with Crippen LogP contribution in [-0.4, -0.2) is 35.1 Å². The molecule has 0 radical (unpaired) electrons. The van der Waals surface area contributed by atoms with Crippen molar-refractivity contribution in [2.75, 3.05) is 12.4 Å². The molecule has 7 nitrogen and oxygen atoms in total. The van der Waals surface area contributed by atoms with E-state index in [-0.39, 0.29) is 5.69 Å². The Hall–Kier alpha value is -2.96. The lowest BCUT2D eigenvalue weighted by Crippen LogP contribution is -2.30. The van der Waals surface area contributed by atoms with Crippen LogP contribution in [0.5, 0.6) is 5.75 Å². The van der Waals surface area contributed by atoms with E-state index >= 15 is 0 Å². The van der Waals surface area contributed by atoms with Crippen molar-refractivity contribution >= 4 is 17.6 Å². The van der Waals surface area contributed by atoms with Gasteiger partial charge in [-0.05, 0) is 19.1 Å². The minimum atomic E-state index is -0.987. The lowest BCUT2D eigenvalue weighted by atomic mass is 10.2. The molecule has 1 N–H and O–H groups in total. The number of carbonyl (C=O) groups is 2. The van der Waals surface area contributed by atoms with E-state index in [2.05, 4.69) is 15.3 Å². The fourth-order valence-electron chi connectivity index (χ4n) is 1.66. The highest BCUT2D eigenvalue weighted by atomic mass is 16.5. The van der Waals surface area contributed by atoms with Crippen LogP contribution >= 0.6 is 0 Å². The van der Waals surface area contributed by atoms with Crippen LogP contribution in [0.3, 0.4) is 0 Å². The Balaban J connectivity index is 1.99. The van der Waals surface area contributed by atoms with E-state index in [9.17, 15) is 9.59 Å². The van der Waals surface area contributed by atoms with E-state index in [1.807, 2.05) is 0 Å². The summed E-state index contributed by atoms with van der Waals surface area (Å²) in [6.07, 6.45) is 3.09. The van der Waals surface area contributed by atoms with Crippen molar-refractivity contribution in [1.29, 1.82) is 0 Å². The van der Waals surface area contributed by atoms with Crippen LogP contribution in [0.15, 0.2) is 42.9 Å². The van der Waals surface area contributed by atoms with Gasteiger partial charge < -0.3 is 14.8 Å². The summed E-state index contributed by atoms with van der Waals surface area (Å²) in [5, 5.41) is 2.64. The van der Waals surface area contributed by atoms with Crippen LogP contribution in [0.2, 0.25) is 0 Å². The minimum Gasteiger partial charge on any atom is -0.495 e. The zero-order valence-electron chi connectivity index (χ0n) is 12.1. The fraction of sp³-hybridized carbons (Fsp3) is 0.200. The molecule has 0 bridgehead atoms. The van der Waals surface area contributed by atoms with Crippen LogP contribution < -0.4 is 10.1 Å². The first-order valence-corrected chi connectivity index (χ1v) is 6.52. The highest BCUT2D eigenvalue weighted by molar-refractivity contribution is 5.97. The number of carbonyl (C=O) groups excluding carboxylic acids is 2. The number of nitrogens with zero attached hydrogens (tertiary/aromatic N) is 2. The van der Waals surface area contributed by atoms with E-state index < -0.39 is 18.0 Å². The first kappa shape index (κ1) is 15.4. The predicted octanol–water partition coefficient (Wildman–Crippen LogP) is 1.67. The van der Waals surface area contributed by atoms with Gasteiger partial charge in [0.15, 0.2) is 11.8 Å². The number of hydrogen-bond donors (Lipinski definition) is 1. The van der Waals surface area contributed by atoms with Crippen LogP contribution in [0.4, 0.5) is 5.69 Å². The second-order valence-electron chi connectivity index (χ2n) is 4.33. The van der Waals surface area contributed by atoms with Gasteiger partial charge in [-0.2, -0.15) is 0 Å². The molecule has 0 aliphatic carbocycles. The molecular formula is C15H15N3O4. The molecule has 2 aromatic rings. The fourth-order valence-corrected chi connectivity index (χ4v) is 1.66. The van der Waals surface area contributed by atoms with Gasteiger partial charge in [0.2, 0.25) is 0 Å². The summed E-state index contributed by atoms with van der Waals surface area (Å²) in [5.41, 5.74) is 0.539. The normalized spacial score (nSPS) is 11.4. The number of esters is 1. The quantitative estimate of drug-likeness (QED) is 0.845. The Bertz CT molecular complexity index is 661. The molecule has 0 aliphatic rings. The number of amides is 1. The summed E-state index contributed by atoms with van der Waals surface area (Å²) in [5.74, 6) is -0.666. The number of anilines is 1. The predicted molar refractivity (Wildman–Crippen MR) is 78.5 cm³/mol. The Morgan fingerprint density at radius 3 is 2.68 bits per heavy atom. The van der Waals surface area contributed by atoms with Crippen LogP contribution in [0, 0.1) is 0 Å². The van der Waals surface area contributed by atoms with Gasteiger partial charge in [-0.25, -0.2) is 9.78 Å². The van der Waals surface area contributed by atoms with Gasteiger partial charge >= 0.3 is 5.97 Å². The number of para-hydroxylation sites is 2. The van der Waals surface area contributed by atoms with Gasteiger partial charge in [-0.3, -0.25) is 9.78 Å². The number of aromatic nitrogens is 2. The second kappa shape index (κ2) is 7.16. The maximum Gasteiger partial charge on any atom is 0.359 e.